The summed E-state index contributed by atoms with van der Waals surface area (Å²) in [5, 5.41) is 13.8. The number of hydrogen-bond acceptors (Lipinski definition) is 4. The van der Waals surface area contributed by atoms with Crippen molar-refractivity contribution in [1.29, 1.82) is 0 Å². The molecule has 0 amide bonds. The molecule has 1 aromatic carbocycles. The molecular formula is C10H6N5O. The van der Waals surface area contributed by atoms with Crippen LogP contribution < -0.4 is 11.0 Å². The van der Waals surface area contributed by atoms with Gasteiger partial charge in [-0.1, -0.05) is 6.07 Å². The van der Waals surface area contributed by atoms with E-state index >= 15 is 0 Å². The Labute approximate surface area is 90.0 Å². The molecule has 1 radical (unpaired) electrons. The van der Waals surface area contributed by atoms with Crippen LogP contribution in [0.3, 0.4) is 0 Å². The Morgan fingerprint density at radius 2 is 2.00 bits per heavy atom. The SMILES string of the molecule is O=c1ccc(-c2ccc3c(c2)N=N[N]3)n[nH]1. The average Bonchev–Trinajstić information content (AvgIpc) is 2.77. The summed E-state index contributed by atoms with van der Waals surface area (Å²) in [6.45, 7) is 0. The van der Waals surface area contributed by atoms with Crippen LogP contribution in [-0.4, -0.2) is 10.2 Å². The number of rotatable bonds is 1. The molecule has 2 aromatic rings. The molecule has 0 aliphatic carbocycles. The Hall–Kier alpha value is -2.50. The molecule has 0 saturated carbocycles. The monoisotopic (exact) mass is 212 g/mol. The van der Waals surface area contributed by atoms with Crippen LogP contribution in [0.15, 0.2) is 45.5 Å². The molecule has 1 aromatic heterocycles. The van der Waals surface area contributed by atoms with Crippen LogP contribution in [0, 0.1) is 0 Å². The van der Waals surface area contributed by atoms with Gasteiger partial charge < -0.3 is 0 Å². The van der Waals surface area contributed by atoms with Gasteiger partial charge in [-0.05, 0) is 23.4 Å². The van der Waals surface area contributed by atoms with Crippen LogP contribution >= 0.6 is 0 Å². The van der Waals surface area contributed by atoms with Crippen molar-refractivity contribution in [3.63, 3.8) is 0 Å². The molecule has 77 valence electrons. The second-order valence-corrected chi connectivity index (χ2v) is 3.30. The minimum Gasteiger partial charge on any atom is -0.268 e. The van der Waals surface area contributed by atoms with Crippen LogP contribution in [0.5, 0.6) is 0 Å². The number of nitrogens with one attached hydrogen (secondary N) is 1. The maximum atomic E-state index is 10.9. The molecule has 6 heteroatoms. The summed E-state index contributed by atoms with van der Waals surface area (Å²) in [6.07, 6.45) is 0. The summed E-state index contributed by atoms with van der Waals surface area (Å²) in [6, 6.07) is 8.60. The van der Waals surface area contributed by atoms with Crippen LogP contribution in [0.25, 0.3) is 11.3 Å². The van der Waals surface area contributed by atoms with Crippen molar-refractivity contribution in [3.05, 3.63) is 40.7 Å². The lowest BCUT2D eigenvalue weighted by Gasteiger charge is -2.00. The zero-order chi connectivity index (χ0) is 11.0. The molecule has 0 saturated heterocycles. The van der Waals surface area contributed by atoms with E-state index in [1.165, 1.54) is 6.07 Å². The van der Waals surface area contributed by atoms with E-state index in [1.54, 1.807) is 6.07 Å². The summed E-state index contributed by atoms with van der Waals surface area (Å²) in [5.41, 5.74) is 6.61. The number of nitrogens with zero attached hydrogens (tertiary/aromatic N) is 4. The second-order valence-electron chi connectivity index (χ2n) is 3.30. The lowest BCUT2D eigenvalue weighted by molar-refractivity contribution is 0.923. The van der Waals surface area contributed by atoms with Gasteiger partial charge in [0.2, 0.25) is 0 Å². The quantitative estimate of drug-likeness (QED) is 0.779. The molecule has 0 fully saturated rings. The topological polar surface area (TPSA) is 84.6 Å². The Kier molecular flexibility index (Phi) is 1.79. The first-order valence-electron chi connectivity index (χ1n) is 4.65. The molecule has 6 nitrogen and oxygen atoms in total. The van der Waals surface area contributed by atoms with Gasteiger partial charge >= 0.3 is 0 Å². The van der Waals surface area contributed by atoms with E-state index in [0.29, 0.717) is 11.4 Å². The fourth-order valence-electron chi connectivity index (χ4n) is 1.47. The highest BCUT2D eigenvalue weighted by atomic mass is 16.1. The molecule has 1 aliphatic rings. The lowest BCUT2D eigenvalue weighted by Crippen LogP contribution is -2.05. The molecule has 0 unspecified atom stereocenters. The smallest absolute Gasteiger partial charge is 0.264 e. The number of hydrogen-bond donors (Lipinski definition) is 1. The second kappa shape index (κ2) is 3.27. The van der Waals surface area contributed by atoms with Gasteiger partial charge in [-0.3, -0.25) is 4.79 Å². The van der Waals surface area contributed by atoms with Gasteiger partial charge in [0.1, 0.15) is 11.4 Å². The Morgan fingerprint density at radius 3 is 2.81 bits per heavy atom. The summed E-state index contributed by atoms with van der Waals surface area (Å²) in [5.74, 6) is 0. The van der Waals surface area contributed by atoms with Crippen LogP contribution in [0.4, 0.5) is 11.4 Å². The molecule has 2 heterocycles. The van der Waals surface area contributed by atoms with Crippen LogP contribution in [0.1, 0.15) is 0 Å². The highest BCUT2D eigenvalue weighted by Gasteiger charge is 2.10. The van der Waals surface area contributed by atoms with Crippen molar-refractivity contribution >= 4 is 11.4 Å². The Balaban J connectivity index is 2.10. The van der Waals surface area contributed by atoms with Crippen molar-refractivity contribution in [2.24, 2.45) is 10.3 Å². The molecule has 0 atom stereocenters. The largest absolute Gasteiger partial charge is 0.268 e. The summed E-state index contributed by atoms with van der Waals surface area (Å²) in [7, 11) is 0. The number of H-pyrrole nitrogens is 1. The van der Waals surface area contributed by atoms with E-state index < -0.39 is 0 Å². The van der Waals surface area contributed by atoms with Crippen molar-refractivity contribution in [2.45, 2.75) is 0 Å². The molecule has 1 aliphatic heterocycles. The highest BCUT2D eigenvalue weighted by Crippen LogP contribution is 2.33. The molecule has 3 rings (SSSR count). The first-order valence-corrected chi connectivity index (χ1v) is 4.65. The van der Waals surface area contributed by atoms with Gasteiger partial charge in [0.25, 0.3) is 5.56 Å². The fraction of sp³-hybridized carbons (Fsp3) is 0. The van der Waals surface area contributed by atoms with Crippen LogP contribution in [0.2, 0.25) is 0 Å². The van der Waals surface area contributed by atoms with Crippen molar-refractivity contribution in [2.75, 3.05) is 0 Å². The molecule has 0 spiro atoms. The maximum Gasteiger partial charge on any atom is 0.264 e. The van der Waals surface area contributed by atoms with Gasteiger partial charge in [-0.25, -0.2) is 5.10 Å². The standard InChI is InChI=1S/C10H6N5O/c16-10-4-3-7(11-14-10)6-1-2-8-9(5-6)13-15-12-8/h1-5H,(H,14,16). The molecule has 0 bridgehead atoms. The van der Waals surface area contributed by atoms with Crippen molar-refractivity contribution in [1.82, 2.24) is 15.6 Å². The van der Waals surface area contributed by atoms with E-state index in [1.807, 2.05) is 18.2 Å². The summed E-state index contributed by atoms with van der Waals surface area (Å²) < 4.78 is 0. The number of benzene rings is 1. The van der Waals surface area contributed by atoms with Crippen LogP contribution in [-0.2, 0) is 0 Å². The fourth-order valence-corrected chi connectivity index (χ4v) is 1.47. The zero-order valence-corrected chi connectivity index (χ0v) is 8.08. The van der Waals surface area contributed by atoms with Crippen molar-refractivity contribution < 1.29 is 0 Å². The van der Waals surface area contributed by atoms with Gasteiger partial charge in [0.05, 0.1) is 5.69 Å². The summed E-state index contributed by atoms with van der Waals surface area (Å²) >= 11 is 0. The lowest BCUT2D eigenvalue weighted by atomic mass is 10.1. The number of fused-ring (bicyclic) bond motifs is 1. The minimum atomic E-state index is -0.223. The van der Waals surface area contributed by atoms with E-state index in [0.717, 1.165) is 11.3 Å². The van der Waals surface area contributed by atoms with E-state index in [9.17, 15) is 4.79 Å². The predicted octanol–water partition coefficient (Wildman–Crippen LogP) is 1.69. The van der Waals surface area contributed by atoms with Gasteiger partial charge in [0.15, 0.2) is 0 Å². The third-order valence-electron chi connectivity index (χ3n) is 2.26. The van der Waals surface area contributed by atoms with E-state index in [2.05, 4.69) is 26.0 Å². The third-order valence-corrected chi connectivity index (χ3v) is 2.26. The van der Waals surface area contributed by atoms with Gasteiger partial charge in [-0.2, -0.15) is 5.10 Å². The highest BCUT2D eigenvalue weighted by molar-refractivity contribution is 5.72. The Bertz CT molecular complexity index is 611. The predicted molar refractivity (Wildman–Crippen MR) is 56.6 cm³/mol. The third kappa shape index (κ3) is 1.36. The maximum absolute atomic E-state index is 10.9. The number of aromatic amines is 1. The van der Waals surface area contributed by atoms with E-state index in [4.69, 9.17) is 0 Å². The van der Waals surface area contributed by atoms with Gasteiger partial charge in [0, 0.05) is 11.6 Å². The minimum absolute atomic E-state index is 0.223. The van der Waals surface area contributed by atoms with Crippen molar-refractivity contribution in [3.8, 4) is 11.3 Å². The molecule has 16 heavy (non-hydrogen) atoms. The first kappa shape index (κ1) is 8.78. The normalized spacial score (nSPS) is 12.2. The number of aromatic nitrogens is 2. The zero-order valence-electron chi connectivity index (χ0n) is 8.08. The van der Waals surface area contributed by atoms with E-state index in [-0.39, 0.29) is 5.56 Å². The average molecular weight is 212 g/mol. The first-order chi connectivity index (χ1) is 7.83. The van der Waals surface area contributed by atoms with Gasteiger partial charge in [-0.15, -0.1) is 10.5 Å². The Morgan fingerprint density at radius 1 is 1.06 bits per heavy atom. The molecular weight excluding hydrogens is 206 g/mol. The summed E-state index contributed by atoms with van der Waals surface area (Å²) in [4.78, 5) is 10.9. The molecule has 1 N–H and O–H groups in total.